The molecule has 3 aromatic rings. The van der Waals surface area contributed by atoms with Gasteiger partial charge in [0.25, 0.3) is 0 Å². The fourth-order valence-corrected chi connectivity index (χ4v) is 3.55. The first-order valence-electron chi connectivity index (χ1n) is 8.93. The SMILES string of the molecule is C[C@@H](Sc1nnc(-c2ccc(Cl)cc2)n1Cc1ccco1)C(=O)NC(C)(C)C. The number of carbonyl (C=O) groups is 1. The van der Waals surface area contributed by atoms with E-state index in [0.717, 1.165) is 11.3 Å². The van der Waals surface area contributed by atoms with E-state index >= 15 is 0 Å². The number of halogens is 1. The van der Waals surface area contributed by atoms with Crippen molar-refractivity contribution in [2.75, 3.05) is 0 Å². The first-order chi connectivity index (χ1) is 13.2. The molecule has 1 N–H and O–H groups in total. The lowest BCUT2D eigenvalue weighted by Crippen LogP contribution is -2.44. The van der Waals surface area contributed by atoms with Gasteiger partial charge in [0.2, 0.25) is 5.91 Å². The summed E-state index contributed by atoms with van der Waals surface area (Å²) in [6, 6.07) is 11.2. The molecule has 0 radical (unpaired) electrons. The molecule has 3 rings (SSSR count). The van der Waals surface area contributed by atoms with Crippen molar-refractivity contribution in [2.45, 2.75) is 50.2 Å². The van der Waals surface area contributed by atoms with Crippen LogP contribution in [-0.2, 0) is 11.3 Å². The van der Waals surface area contributed by atoms with Gasteiger partial charge in [0, 0.05) is 16.1 Å². The number of rotatable bonds is 6. The molecule has 1 atom stereocenters. The van der Waals surface area contributed by atoms with Crippen LogP contribution in [0.25, 0.3) is 11.4 Å². The molecule has 0 aliphatic carbocycles. The van der Waals surface area contributed by atoms with Crippen molar-refractivity contribution < 1.29 is 9.21 Å². The van der Waals surface area contributed by atoms with Gasteiger partial charge in [0.05, 0.1) is 18.1 Å². The standard InChI is InChI=1S/C20H23ClN4O2S/c1-13(18(26)22-20(2,3)4)28-19-24-23-17(14-7-9-15(21)10-8-14)25(19)12-16-6-5-11-27-16/h5-11,13H,12H2,1-4H3,(H,22,26)/t13-/m1/s1. The molecule has 0 aliphatic rings. The number of furan rings is 1. The molecule has 0 unspecified atom stereocenters. The Morgan fingerprint density at radius 1 is 1.25 bits per heavy atom. The van der Waals surface area contributed by atoms with Crippen molar-refractivity contribution in [1.29, 1.82) is 0 Å². The Hall–Kier alpha value is -2.25. The summed E-state index contributed by atoms with van der Waals surface area (Å²) in [5, 5.41) is 12.7. The third kappa shape index (κ3) is 5.17. The van der Waals surface area contributed by atoms with Gasteiger partial charge < -0.3 is 9.73 Å². The number of thioether (sulfide) groups is 1. The quantitative estimate of drug-likeness (QED) is 0.590. The lowest BCUT2D eigenvalue weighted by molar-refractivity contribution is -0.121. The zero-order valence-corrected chi connectivity index (χ0v) is 17.8. The average Bonchev–Trinajstić information content (AvgIpc) is 3.25. The summed E-state index contributed by atoms with van der Waals surface area (Å²) in [5.41, 5.74) is 0.601. The molecule has 148 valence electrons. The minimum absolute atomic E-state index is 0.0434. The van der Waals surface area contributed by atoms with Crippen LogP contribution >= 0.6 is 23.4 Å². The molecule has 0 aliphatic heterocycles. The number of nitrogens with one attached hydrogen (secondary N) is 1. The zero-order valence-electron chi connectivity index (χ0n) is 16.3. The Morgan fingerprint density at radius 2 is 1.96 bits per heavy atom. The molecule has 2 heterocycles. The van der Waals surface area contributed by atoms with Gasteiger partial charge in [0.1, 0.15) is 5.76 Å². The predicted octanol–water partition coefficient (Wildman–Crippen LogP) is 4.64. The van der Waals surface area contributed by atoms with Crippen molar-refractivity contribution in [1.82, 2.24) is 20.1 Å². The number of hydrogen-bond acceptors (Lipinski definition) is 5. The second kappa shape index (κ2) is 8.41. The minimum atomic E-state index is -0.322. The summed E-state index contributed by atoms with van der Waals surface area (Å²) in [5.74, 6) is 1.43. The van der Waals surface area contributed by atoms with Gasteiger partial charge in [-0.2, -0.15) is 0 Å². The Morgan fingerprint density at radius 3 is 2.57 bits per heavy atom. The van der Waals surface area contributed by atoms with Crippen LogP contribution in [-0.4, -0.2) is 31.5 Å². The van der Waals surface area contributed by atoms with Crippen LogP contribution < -0.4 is 5.32 Å². The van der Waals surface area contributed by atoms with E-state index in [2.05, 4.69) is 15.5 Å². The molecule has 0 saturated heterocycles. The molecule has 8 heteroatoms. The second-order valence-electron chi connectivity index (χ2n) is 7.48. The maximum atomic E-state index is 12.5. The summed E-state index contributed by atoms with van der Waals surface area (Å²) in [6.07, 6.45) is 1.63. The Balaban J connectivity index is 1.90. The van der Waals surface area contributed by atoms with E-state index < -0.39 is 0 Å². The summed E-state index contributed by atoms with van der Waals surface area (Å²) in [7, 11) is 0. The van der Waals surface area contributed by atoms with Crippen LogP contribution in [0.5, 0.6) is 0 Å². The van der Waals surface area contributed by atoms with E-state index in [1.165, 1.54) is 11.8 Å². The molecule has 2 aromatic heterocycles. The maximum absolute atomic E-state index is 12.5. The first kappa shape index (κ1) is 20.5. The number of aromatic nitrogens is 3. The zero-order chi connectivity index (χ0) is 20.3. The van der Waals surface area contributed by atoms with E-state index in [1.807, 2.05) is 68.7 Å². The van der Waals surface area contributed by atoms with Crippen molar-refractivity contribution in [3.8, 4) is 11.4 Å². The molecule has 1 aromatic carbocycles. The first-order valence-corrected chi connectivity index (χ1v) is 10.2. The summed E-state index contributed by atoms with van der Waals surface area (Å²) in [6.45, 7) is 8.20. The lowest BCUT2D eigenvalue weighted by atomic mass is 10.1. The van der Waals surface area contributed by atoms with Gasteiger partial charge in [-0.25, -0.2) is 0 Å². The van der Waals surface area contributed by atoms with E-state index in [9.17, 15) is 4.79 Å². The van der Waals surface area contributed by atoms with Crippen molar-refractivity contribution >= 4 is 29.3 Å². The van der Waals surface area contributed by atoms with Gasteiger partial charge in [-0.15, -0.1) is 10.2 Å². The average molecular weight is 419 g/mol. The fourth-order valence-electron chi connectivity index (χ4n) is 2.57. The highest BCUT2D eigenvalue weighted by molar-refractivity contribution is 8.00. The van der Waals surface area contributed by atoms with Gasteiger partial charge in [-0.3, -0.25) is 9.36 Å². The van der Waals surface area contributed by atoms with Crippen LogP contribution in [0, 0.1) is 0 Å². The summed E-state index contributed by atoms with van der Waals surface area (Å²) < 4.78 is 7.46. The van der Waals surface area contributed by atoms with Crippen LogP contribution in [0.3, 0.4) is 0 Å². The fraction of sp³-hybridized carbons (Fsp3) is 0.350. The number of hydrogen-bond donors (Lipinski definition) is 1. The van der Waals surface area contributed by atoms with Gasteiger partial charge in [-0.1, -0.05) is 23.4 Å². The third-order valence-electron chi connectivity index (χ3n) is 3.86. The number of carbonyl (C=O) groups excluding carboxylic acids is 1. The molecule has 0 spiro atoms. The van der Waals surface area contributed by atoms with E-state index in [-0.39, 0.29) is 16.7 Å². The summed E-state index contributed by atoms with van der Waals surface area (Å²) >= 11 is 7.38. The van der Waals surface area contributed by atoms with Crippen molar-refractivity contribution in [3.05, 3.63) is 53.4 Å². The van der Waals surface area contributed by atoms with Crippen LogP contribution in [0.4, 0.5) is 0 Å². The Bertz CT molecular complexity index is 930. The normalized spacial score (nSPS) is 12.8. The van der Waals surface area contributed by atoms with Crippen LogP contribution in [0.15, 0.2) is 52.2 Å². The molecule has 0 saturated carbocycles. The van der Waals surface area contributed by atoms with E-state index in [4.69, 9.17) is 16.0 Å². The highest BCUT2D eigenvalue weighted by Crippen LogP contribution is 2.28. The molecular formula is C20H23ClN4O2S. The Kier molecular flexibility index (Phi) is 6.15. The van der Waals surface area contributed by atoms with Gasteiger partial charge in [-0.05, 0) is 64.1 Å². The molecule has 28 heavy (non-hydrogen) atoms. The maximum Gasteiger partial charge on any atom is 0.233 e. The lowest BCUT2D eigenvalue weighted by Gasteiger charge is -2.22. The van der Waals surface area contributed by atoms with Crippen LogP contribution in [0.2, 0.25) is 5.02 Å². The summed E-state index contributed by atoms with van der Waals surface area (Å²) in [4.78, 5) is 12.5. The van der Waals surface area contributed by atoms with Crippen LogP contribution in [0.1, 0.15) is 33.5 Å². The molecule has 6 nitrogen and oxygen atoms in total. The third-order valence-corrected chi connectivity index (χ3v) is 5.20. The number of benzene rings is 1. The number of nitrogens with zero attached hydrogens (tertiary/aromatic N) is 3. The van der Waals surface area contributed by atoms with Crippen molar-refractivity contribution in [2.24, 2.45) is 0 Å². The van der Waals surface area contributed by atoms with Gasteiger partial charge in [0.15, 0.2) is 11.0 Å². The van der Waals surface area contributed by atoms with E-state index in [1.54, 1.807) is 6.26 Å². The predicted molar refractivity (Wildman–Crippen MR) is 111 cm³/mol. The largest absolute Gasteiger partial charge is 0.467 e. The minimum Gasteiger partial charge on any atom is -0.467 e. The highest BCUT2D eigenvalue weighted by Gasteiger charge is 2.24. The molecule has 0 fully saturated rings. The topological polar surface area (TPSA) is 73.0 Å². The smallest absolute Gasteiger partial charge is 0.233 e. The van der Waals surface area contributed by atoms with Crippen molar-refractivity contribution in [3.63, 3.8) is 0 Å². The monoisotopic (exact) mass is 418 g/mol. The Labute approximate surface area is 173 Å². The molecule has 0 bridgehead atoms. The van der Waals surface area contributed by atoms with Gasteiger partial charge >= 0.3 is 0 Å². The number of amides is 1. The van der Waals surface area contributed by atoms with E-state index in [0.29, 0.717) is 22.5 Å². The second-order valence-corrected chi connectivity index (χ2v) is 9.22. The molecule has 1 amide bonds. The highest BCUT2D eigenvalue weighted by atomic mass is 35.5. The molecular weight excluding hydrogens is 396 g/mol.